The van der Waals surface area contributed by atoms with Gasteiger partial charge in [0.15, 0.2) is 0 Å². The van der Waals surface area contributed by atoms with Crippen molar-refractivity contribution in [2.45, 2.75) is 71.1 Å². The highest BCUT2D eigenvalue weighted by Crippen LogP contribution is 2.32. The van der Waals surface area contributed by atoms with Crippen molar-refractivity contribution in [2.24, 2.45) is 0 Å². The van der Waals surface area contributed by atoms with Crippen LogP contribution in [0.4, 0.5) is 0 Å². The molecule has 1 aliphatic heterocycles. The zero-order chi connectivity index (χ0) is 14.5. The standard InChI is InChI=1S/C16H26N2OS/c1-4-6-9-12(3)18-15(14-10-7-11-20-14)17-13(8-5-2)16(18)19/h7,10-13,15,17H,4-6,8-9H2,1-3H3. The normalized spacial score (nSPS) is 24.4. The van der Waals surface area contributed by atoms with Gasteiger partial charge >= 0.3 is 0 Å². The van der Waals surface area contributed by atoms with Crippen molar-refractivity contribution in [3.63, 3.8) is 0 Å². The Balaban J connectivity index is 2.16. The fourth-order valence-electron chi connectivity index (χ4n) is 2.92. The number of hydrogen-bond donors (Lipinski definition) is 1. The number of nitrogens with zero attached hydrogens (tertiary/aromatic N) is 1. The van der Waals surface area contributed by atoms with Gasteiger partial charge in [-0.15, -0.1) is 11.3 Å². The Hall–Kier alpha value is -0.870. The van der Waals surface area contributed by atoms with Crippen molar-refractivity contribution in [1.29, 1.82) is 0 Å². The van der Waals surface area contributed by atoms with Gasteiger partial charge in [-0.2, -0.15) is 0 Å². The molecule has 0 aliphatic carbocycles. The summed E-state index contributed by atoms with van der Waals surface area (Å²) in [4.78, 5) is 16.0. The summed E-state index contributed by atoms with van der Waals surface area (Å²) >= 11 is 1.73. The molecular formula is C16H26N2OS. The zero-order valence-corrected chi connectivity index (χ0v) is 13.6. The molecule has 0 radical (unpaired) electrons. The fourth-order valence-corrected chi connectivity index (χ4v) is 3.70. The lowest BCUT2D eigenvalue weighted by Gasteiger charge is -2.30. The smallest absolute Gasteiger partial charge is 0.241 e. The number of hydrogen-bond acceptors (Lipinski definition) is 3. The van der Waals surface area contributed by atoms with E-state index in [0.717, 1.165) is 19.3 Å². The first-order chi connectivity index (χ1) is 9.69. The monoisotopic (exact) mass is 294 g/mol. The molecule has 1 aromatic heterocycles. The summed E-state index contributed by atoms with van der Waals surface area (Å²) in [5.41, 5.74) is 0. The van der Waals surface area contributed by atoms with Crippen LogP contribution in [0.15, 0.2) is 17.5 Å². The molecule has 112 valence electrons. The third-order valence-electron chi connectivity index (χ3n) is 4.03. The first-order valence-electron chi connectivity index (χ1n) is 7.80. The summed E-state index contributed by atoms with van der Waals surface area (Å²) in [7, 11) is 0. The first-order valence-corrected chi connectivity index (χ1v) is 8.68. The zero-order valence-electron chi connectivity index (χ0n) is 12.8. The van der Waals surface area contributed by atoms with Crippen LogP contribution in [-0.4, -0.2) is 22.9 Å². The molecule has 2 rings (SSSR count). The molecule has 0 bridgehead atoms. The topological polar surface area (TPSA) is 32.3 Å². The number of nitrogens with one attached hydrogen (secondary N) is 1. The fraction of sp³-hybridized carbons (Fsp3) is 0.688. The Labute approximate surface area is 126 Å². The third-order valence-corrected chi connectivity index (χ3v) is 4.95. The highest BCUT2D eigenvalue weighted by molar-refractivity contribution is 7.10. The van der Waals surface area contributed by atoms with Gasteiger partial charge in [0.2, 0.25) is 5.91 Å². The van der Waals surface area contributed by atoms with E-state index in [1.54, 1.807) is 11.3 Å². The Morgan fingerprint density at radius 3 is 2.80 bits per heavy atom. The van der Waals surface area contributed by atoms with Crippen LogP contribution in [-0.2, 0) is 4.79 Å². The van der Waals surface area contributed by atoms with Crippen LogP contribution in [0.25, 0.3) is 0 Å². The van der Waals surface area contributed by atoms with Crippen LogP contribution in [0.1, 0.15) is 63.9 Å². The lowest BCUT2D eigenvalue weighted by Crippen LogP contribution is -2.38. The van der Waals surface area contributed by atoms with Crippen molar-refractivity contribution in [3.8, 4) is 0 Å². The molecule has 2 heterocycles. The molecule has 1 N–H and O–H groups in total. The van der Waals surface area contributed by atoms with E-state index in [1.165, 1.54) is 17.7 Å². The molecule has 3 unspecified atom stereocenters. The minimum absolute atomic E-state index is 0.00354. The van der Waals surface area contributed by atoms with Gasteiger partial charge in [0, 0.05) is 10.9 Å². The maximum absolute atomic E-state index is 12.7. The van der Waals surface area contributed by atoms with Crippen LogP contribution in [0, 0.1) is 0 Å². The first kappa shape index (κ1) is 15.5. The highest BCUT2D eigenvalue weighted by atomic mass is 32.1. The molecule has 20 heavy (non-hydrogen) atoms. The minimum atomic E-state index is -0.00354. The molecule has 3 atom stereocenters. The van der Waals surface area contributed by atoms with E-state index >= 15 is 0 Å². The summed E-state index contributed by atoms with van der Waals surface area (Å²) in [6.45, 7) is 6.52. The molecule has 3 nitrogen and oxygen atoms in total. The molecule has 4 heteroatoms. The molecular weight excluding hydrogens is 268 g/mol. The second-order valence-electron chi connectivity index (χ2n) is 5.66. The lowest BCUT2D eigenvalue weighted by atomic mass is 10.1. The van der Waals surface area contributed by atoms with Crippen molar-refractivity contribution in [1.82, 2.24) is 10.2 Å². The van der Waals surface area contributed by atoms with Crippen molar-refractivity contribution < 1.29 is 4.79 Å². The van der Waals surface area contributed by atoms with Crippen molar-refractivity contribution >= 4 is 17.2 Å². The largest absolute Gasteiger partial charge is 0.318 e. The van der Waals surface area contributed by atoms with E-state index in [9.17, 15) is 4.79 Å². The van der Waals surface area contributed by atoms with Gasteiger partial charge in [-0.25, -0.2) is 0 Å². The molecule has 1 fully saturated rings. The van der Waals surface area contributed by atoms with Gasteiger partial charge in [-0.05, 0) is 31.2 Å². The summed E-state index contributed by atoms with van der Waals surface area (Å²) in [6.07, 6.45) is 5.49. The van der Waals surface area contributed by atoms with Crippen LogP contribution >= 0.6 is 11.3 Å². The van der Waals surface area contributed by atoms with E-state index in [1.807, 2.05) is 0 Å². The lowest BCUT2D eigenvalue weighted by molar-refractivity contribution is -0.132. The average Bonchev–Trinajstić information content (AvgIpc) is 3.05. The summed E-state index contributed by atoms with van der Waals surface area (Å²) in [5, 5.41) is 5.63. The van der Waals surface area contributed by atoms with Gasteiger partial charge in [-0.3, -0.25) is 10.1 Å². The molecule has 1 amide bonds. The summed E-state index contributed by atoms with van der Waals surface area (Å²) < 4.78 is 0. The maximum atomic E-state index is 12.7. The van der Waals surface area contributed by atoms with Crippen molar-refractivity contribution in [2.75, 3.05) is 0 Å². The van der Waals surface area contributed by atoms with E-state index in [0.29, 0.717) is 6.04 Å². The van der Waals surface area contributed by atoms with Gasteiger partial charge in [0.25, 0.3) is 0 Å². The Morgan fingerprint density at radius 1 is 1.40 bits per heavy atom. The van der Waals surface area contributed by atoms with E-state index < -0.39 is 0 Å². The van der Waals surface area contributed by atoms with E-state index in [4.69, 9.17) is 0 Å². The number of unbranched alkanes of at least 4 members (excludes halogenated alkanes) is 1. The van der Waals surface area contributed by atoms with E-state index in [-0.39, 0.29) is 18.1 Å². The van der Waals surface area contributed by atoms with Gasteiger partial charge < -0.3 is 4.90 Å². The van der Waals surface area contributed by atoms with Crippen LogP contribution in [0.3, 0.4) is 0 Å². The minimum Gasteiger partial charge on any atom is -0.318 e. The molecule has 0 aromatic carbocycles. The predicted octanol–water partition coefficient (Wildman–Crippen LogP) is 3.93. The average molecular weight is 294 g/mol. The summed E-state index contributed by atoms with van der Waals surface area (Å²) in [5.74, 6) is 0.286. The van der Waals surface area contributed by atoms with Crippen LogP contribution < -0.4 is 5.32 Å². The van der Waals surface area contributed by atoms with Gasteiger partial charge in [0.1, 0.15) is 6.17 Å². The molecule has 1 aromatic rings. The second-order valence-corrected chi connectivity index (χ2v) is 6.64. The van der Waals surface area contributed by atoms with Crippen molar-refractivity contribution in [3.05, 3.63) is 22.4 Å². The van der Waals surface area contributed by atoms with Crippen LogP contribution in [0.5, 0.6) is 0 Å². The molecule has 0 spiro atoms. The quantitative estimate of drug-likeness (QED) is 0.826. The number of carbonyl (C=O) groups excluding carboxylic acids is 1. The molecule has 1 saturated heterocycles. The molecule has 1 aliphatic rings. The number of rotatable bonds is 7. The summed E-state index contributed by atoms with van der Waals surface area (Å²) in [6, 6.07) is 4.50. The van der Waals surface area contributed by atoms with E-state index in [2.05, 4.69) is 48.5 Å². The Morgan fingerprint density at radius 2 is 2.20 bits per heavy atom. The number of amides is 1. The second kappa shape index (κ2) is 7.23. The van der Waals surface area contributed by atoms with Gasteiger partial charge in [-0.1, -0.05) is 39.2 Å². The van der Waals surface area contributed by atoms with Gasteiger partial charge in [0.05, 0.1) is 6.04 Å². The number of carbonyl (C=O) groups is 1. The molecule has 0 saturated carbocycles. The SMILES string of the molecule is CCCCC(C)N1C(=O)C(CCC)NC1c1cccs1. The third kappa shape index (κ3) is 3.23. The highest BCUT2D eigenvalue weighted by Gasteiger charge is 2.41. The Kier molecular flexibility index (Phi) is 5.61. The Bertz CT molecular complexity index is 418. The predicted molar refractivity (Wildman–Crippen MR) is 84.7 cm³/mol. The van der Waals surface area contributed by atoms with Crippen LogP contribution in [0.2, 0.25) is 0 Å². The maximum Gasteiger partial charge on any atom is 0.241 e. The number of thiophene rings is 1.